The van der Waals surface area contributed by atoms with Gasteiger partial charge >= 0.3 is 0 Å². The van der Waals surface area contributed by atoms with Crippen molar-refractivity contribution in [3.63, 3.8) is 0 Å². The van der Waals surface area contributed by atoms with Gasteiger partial charge < -0.3 is 14.3 Å². The van der Waals surface area contributed by atoms with E-state index in [-0.39, 0.29) is 22.8 Å². The molecule has 5 rings (SSSR count). The molecule has 0 bridgehead atoms. The van der Waals surface area contributed by atoms with Crippen LogP contribution in [0, 0.1) is 11.6 Å². The monoisotopic (exact) mass is 483 g/mol. The van der Waals surface area contributed by atoms with Crippen molar-refractivity contribution in [2.75, 3.05) is 5.75 Å². The second kappa shape index (κ2) is 7.84. The van der Waals surface area contributed by atoms with Crippen LogP contribution in [-0.4, -0.2) is 27.7 Å². The quantitative estimate of drug-likeness (QED) is 0.391. The molecule has 1 N–H and O–H groups in total. The maximum absolute atomic E-state index is 14.4. The van der Waals surface area contributed by atoms with Gasteiger partial charge in [-0.1, -0.05) is 0 Å². The summed E-state index contributed by atoms with van der Waals surface area (Å²) in [5, 5.41) is 1.14. The summed E-state index contributed by atoms with van der Waals surface area (Å²) < 4.78 is 61.6. The van der Waals surface area contributed by atoms with Crippen molar-refractivity contribution in [1.29, 1.82) is 0 Å². The summed E-state index contributed by atoms with van der Waals surface area (Å²) in [5.74, 6) is -1.71. The number of hydrogen-bond donors (Lipinski definition) is 1. The number of pyridine rings is 1. The molecule has 0 atom stereocenters. The number of aromatic nitrogens is 3. The topological polar surface area (TPSA) is 86.1 Å². The standard InChI is InChI=1S/C24H19F2N3O4S/c1-3-34(31,32)29-9-7-14-10-22(33-21-5-4-15(25)11-19(21)26)17(12-20(14)29)18-13-28(2)24(30)23-16(18)6-8-27-23/h4-13,27H,3H2,1-2H3. The maximum Gasteiger partial charge on any atom is 0.274 e. The van der Waals surface area contributed by atoms with Crippen molar-refractivity contribution >= 4 is 31.8 Å². The number of ether oxygens (including phenoxy) is 1. The van der Waals surface area contributed by atoms with Crippen molar-refractivity contribution in [2.45, 2.75) is 6.92 Å². The van der Waals surface area contributed by atoms with Crippen molar-refractivity contribution in [1.82, 2.24) is 13.5 Å². The largest absolute Gasteiger partial charge is 0.454 e. The fraction of sp³-hybridized carbons (Fsp3) is 0.125. The van der Waals surface area contributed by atoms with E-state index in [9.17, 15) is 22.0 Å². The minimum Gasteiger partial charge on any atom is -0.454 e. The Morgan fingerprint density at radius 1 is 1.03 bits per heavy atom. The number of aromatic amines is 1. The summed E-state index contributed by atoms with van der Waals surface area (Å²) in [6, 6.07) is 9.54. The third-order valence-corrected chi connectivity index (χ3v) is 7.37. The van der Waals surface area contributed by atoms with Gasteiger partial charge in [-0.05, 0) is 43.3 Å². The van der Waals surface area contributed by atoms with E-state index in [1.165, 1.54) is 20.8 Å². The Morgan fingerprint density at radius 2 is 1.82 bits per heavy atom. The van der Waals surface area contributed by atoms with Gasteiger partial charge in [0.15, 0.2) is 11.6 Å². The number of fused-ring (bicyclic) bond motifs is 2. The molecule has 0 aliphatic carbocycles. The number of aryl methyl sites for hydroxylation is 1. The smallest absolute Gasteiger partial charge is 0.274 e. The number of nitrogens with one attached hydrogen (secondary N) is 1. The second-order valence-corrected chi connectivity index (χ2v) is 9.96. The summed E-state index contributed by atoms with van der Waals surface area (Å²) in [4.78, 5) is 15.5. The van der Waals surface area contributed by atoms with Crippen LogP contribution >= 0.6 is 0 Å². The molecule has 0 fully saturated rings. The van der Waals surface area contributed by atoms with Gasteiger partial charge in [0, 0.05) is 53.6 Å². The number of H-pyrrole nitrogens is 1. The fourth-order valence-corrected chi connectivity index (χ4v) is 4.96. The third kappa shape index (κ3) is 3.47. The van der Waals surface area contributed by atoms with E-state index in [0.717, 1.165) is 6.07 Å². The van der Waals surface area contributed by atoms with Crippen LogP contribution < -0.4 is 10.3 Å². The van der Waals surface area contributed by atoms with Crippen LogP contribution in [0.3, 0.4) is 0 Å². The lowest BCUT2D eigenvalue weighted by Crippen LogP contribution is -2.16. The zero-order valence-corrected chi connectivity index (χ0v) is 19.0. The fourth-order valence-electron chi connectivity index (χ4n) is 3.97. The van der Waals surface area contributed by atoms with Crippen LogP contribution in [0.2, 0.25) is 0 Å². The minimum absolute atomic E-state index is 0.104. The molecule has 0 aliphatic heterocycles. The van der Waals surface area contributed by atoms with Crippen molar-refractivity contribution in [3.05, 3.63) is 83.0 Å². The molecule has 0 saturated carbocycles. The number of benzene rings is 2. The van der Waals surface area contributed by atoms with E-state index >= 15 is 0 Å². The predicted molar refractivity (Wildman–Crippen MR) is 126 cm³/mol. The normalized spacial score (nSPS) is 12.0. The molecule has 0 saturated heterocycles. The molecular weight excluding hydrogens is 464 g/mol. The zero-order valence-electron chi connectivity index (χ0n) is 18.2. The van der Waals surface area contributed by atoms with Gasteiger partial charge in [0.05, 0.1) is 11.3 Å². The van der Waals surface area contributed by atoms with E-state index < -0.39 is 21.7 Å². The van der Waals surface area contributed by atoms with Gasteiger partial charge in [-0.25, -0.2) is 21.2 Å². The third-order valence-electron chi connectivity index (χ3n) is 5.72. The van der Waals surface area contributed by atoms with Gasteiger partial charge in [0.2, 0.25) is 10.0 Å². The van der Waals surface area contributed by atoms with Crippen LogP contribution in [-0.2, 0) is 17.1 Å². The van der Waals surface area contributed by atoms with Gasteiger partial charge in [0.25, 0.3) is 5.56 Å². The molecule has 2 aromatic carbocycles. The van der Waals surface area contributed by atoms with Crippen LogP contribution in [0.1, 0.15) is 6.92 Å². The van der Waals surface area contributed by atoms with Crippen molar-refractivity contribution < 1.29 is 21.9 Å². The Bertz CT molecular complexity index is 1750. The summed E-state index contributed by atoms with van der Waals surface area (Å²) >= 11 is 0. The van der Waals surface area contributed by atoms with Gasteiger partial charge in [0.1, 0.15) is 17.1 Å². The highest BCUT2D eigenvalue weighted by atomic mass is 32.2. The maximum atomic E-state index is 14.4. The highest BCUT2D eigenvalue weighted by Gasteiger charge is 2.20. The SMILES string of the molecule is CCS(=O)(=O)n1ccc2cc(Oc3ccc(F)cc3F)c(-c3cn(C)c(=O)c4[nH]ccc34)cc21. The highest BCUT2D eigenvalue weighted by molar-refractivity contribution is 7.90. The Hall–Kier alpha value is -3.92. The van der Waals surface area contributed by atoms with E-state index in [2.05, 4.69) is 4.98 Å². The number of rotatable bonds is 5. The molecule has 0 radical (unpaired) electrons. The average Bonchev–Trinajstić information content (AvgIpc) is 3.45. The molecule has 174 valence electrons. The Balaban J connectivity index is 1.83. The predicted octanol–water partition coefficient (Wildman–Crippen LogP) is 4.76. The second-order valence-electron chi connectivity index (χ2n) is 7.82. The molecule has 3 heterocycles. The van der Waals surface area contributed by atoms with Crippen molar-refractivity contribution in [2.24, 2.45) is 7.05 Å². The van der Waals surface area contributed by atoms with Crippen LogP contribution in [0.4, 0.5) is 8.78 Å². The molecule has 0 spiro atoms. The Kier molecular flexibility index (Phi) is 5.05. The summed E-state index contributed by atoms with van der Waals surface area (Å²) in [5.41, 5.74) is 1.52. The molecule has 5 aromatic rings. The lowest BCUT2D eigenvalue weighted by atomic mass is 10.0. The first kappa shape index (κ1) is 21.9. The first-order chi connectivity index (χ1) is 16.2. The van der Waals surface area contributed by atoms with E-state index in [0.29, 0.717) is 39.0 Å². The summed E-state index contributed by atoms with van der Waals surface area (Å²) in [6.45, 7) is 1.55. The van der Waals surface area contributed by atoms with E-state index in [1.54, 1.807) is 50.6 Å². The molecule has 10 heteroatoms. The summed E-state index contributed by atoms with van der Waals surface area (Å²) in [6.07, 6.45) is 4.68. The lowest BCUT2D eigenvalue weighted by Gasteiger charge is -2.15. The Morgan fingerprint density at radius 3 is 2.56 bits per heavy atom. The molecule has 34 heavy (non-hydrogen) atoms. The first-order valence-electron chi connectivity index (χ1n) is 10.4. The van der Waals surface area contributed by atoms with Gasteiger partial charge in [-0.2, -0.15) is 0 Å². The summed E-state index contributed by atoms with van der Waals surface area (Å²) in [7, 11) is -2.01. The highest BCUT2D eigenvalue weighted by Crippen LogP contribution is 2.40. The van der Waals surface area contributed by atoms with E-state index in [4.69, 9.17) is 4.74 Å². The molecule has 3 aromatic heterocycles. The molecular formula is C24H19F2N3O4S. The first-order valence-corrected chi connectivity index (χ1v) is 12.0. The van der Waals surface area contributed by atoms with E-state index in [1.807, 2.05) is 0 Å². The Labute approximate surface area is 192 Å². The number of hydrogen-bond acceptors (Lipinski definition) is 4. The van der Waals surface area contributed by atoms with Crippen LogP contribution in [0.25, 0.3) is 32.9 Å². The zero-order chi connectivity index (χ0) is 24.2. The van der Waals surface area contributed by atoms with Crippen molar-refractivity contribution in [3.8, 4) is 22.6 Å². The van der Waals surface area contributed by atoms with Gasteiger partial charge in [-0.15, -0.1) is 0 Å². The van der Waals surface area contributed by atoms with Gasteiger partial charge in [-0.3, -0.25) is 4.79 Å². The lowest BCUT2D eigenvalue weighted by molar-refractivity contribution is 0.439. The van der Waals surface area contributed by atoms with Crippen LogP contribution in [0.15, 0.2) is 65.8 Å². The molecule has 0 amide bonds. The number of nitrogens with zero attached hydrogens (tertiary/aromatic N) is 2. The number of halogens is 2. The molecule has 0 aliphatic rings. The average molecular weight is 483 g/mol. The molecule has 0 unspecified atom stereocenters. The van der Waals surface area contributed by atoms with Crippen LogP contribution in [0.5, 0.6) is 11.5 Å². The molecule has 7 nitrogen and oxygen atoms in total. The minimum atomic E-state index is -3.60.